The number of aliphatic hydroxyl groups is 1. The van der Waals surface area contributed by atoms with Crippen molar-refractivity contribution in [3.8, 4) is 0 Å². The number of hydrogen-bond acceptors (Lipinski definition) is 3. The monoisotopic (exact) mass is 257 g/mol. The molecule has 0 amide bonds. The normalized spacial score (nSPS) is 13.0. The fourth-order valence-corrected chi connectivity index (χ4v) is 1.61. The summed E-state index contributed by atoms with van der Waals surface area (Å²) in [5.74, 6) is 0. The van der Waals surface area contributed by atoms with E-state index in [1.165, 1.54) is 0 Å². The van der Waals surface area contributed by atoms with Crippen molar-refractivity contribution in [1.29, 1.82) is 0 Å². The molecular formula is C13H20ClNO2. The van der Waals surface area contributed by atoms with Crippen LogP contribution in [-0.4, -0.2) is 30.5 Å². The lowest BCUT2D eigenvalue weighted by molar-refractivity contribution is 0.00630. The first-order chi connectivity index (χ1) is 8.08. The molecule has 1 atom stereocenters. The minimum atomic E-state index is -0.475. The molecule has 0 saturated heterocycles. The van der Waals surface area contributed by atoms with Crippen LogP contribution in [0.15, 0.2) is 24.3 Å². The van der Waals surface area contributed by atoms with Gasteiger partial charge in [-0.2, -0.15) is 0 Å². The molecule has 0 unspecified atom stereocenters. The maximum Gasteiger partial charge on any atom is 0.0897 e. The average Bonchev–Trinajstić information content (AvgIpc) is 2.26. The first-order valence-corrected chi connectivity index (χ1v) is 6.20. The third-order valence-corrected chi connectivity index (χ3v) is 2.46. The van der Waals surface area contributed by atoms with Crippen LogP contribution in [0.5, 0.6) is 0 Å². The van der Waals surface area contributed by atoms with Gasteiger partial charge in [-0.15, -0.1) is 0 Å². The number of nitrogens with one attached hydrogen (secondary N) is 1. The number of hydrogen-bond donors (Lipinski definition) is 2. The zero-order chi connectivity index (χ0) is 12.7. The lowest BCUT2D eigenvalue weighted by atomic mass is 10.2. The van der Waals surface area contributed by atoms with Gasteiger partial charge >= 0.3 is 0 Å². The number of aliphatic hydroxyl groups excluding tert-OH is 1. The fourth-order valence-electron chi connectivity index (χ4n) is 1.39. The Morgan fingerprint density at radius 2 is 2.18 bits per heavy atom. The van der Waals surface area contributed by atoms with Gasteiger partial charge in [0.15, 0.2) is 0 Å². The quantitative estimate of drug-likeness (QED) is 0.787. The van der Waals surface area contributed by atoms with Crippen molar-refractivity contribution in [2.24, 2.45) is 0 Å². The van der Waals surface area contributed by atoms with E-state index in [1.54, 1.807) is 0 Å². The van der Waals surface area contributed by atoms with Crippen LogP contribution in [0.1, 0.15) is 19.4 Å². The summed E-state index contributed by atoms with van der Waals surface area (Å²) < 4.78 is 5.31. The largest absolute Gasteiger partial charge is 0.389 e. The van der Waals surface area contributed by atoms with Gasteiger partial charge in [0.05, 0.1) is 18.8 Å². The molecule has 1 rings (SSSR count). The fraction of sp³-hybridized carbons (Fsp3) is 0.538. The summed E-state index contributed by atoms with van der Waals surface area (Å²) >= 11 is 5.87. The molecule has 96 valence electrons. The molecule has 0 aliphatic heterocycles. The van der Waals surface area contributed by atoms with Crippen molar-refractivity contribution < 1.29 is 9.84 Å². The van der Waals surface area contributed by atoms with Crippen molar-refractivity contribution in [2.45, 2.75) is 32.6 Å². The van der Waals surface area contributed by atoms with Crippen molar-refractivity contribution in [3.05, 3.63) is 34.9 Å². The second-order valence-corrected chi connectivity index (χ2v) is 4.73. The van der Waals surface area contributed by atoms with Gasteiger partial charge in [-0.25, -0.2) is 0 Å². The second-order valence-electron chi connectivity index (χ2n) is 4.30. The standard InChI is InChI=1S/C13H20ClNO2/c1-10(2)17-9-13(16)8-15-7-11-4-3-5-12(14)6-11/h3-6,10,13,15-16H,7-9H2,1-2H3/t13-/m1/s1. The highest BCUT2D eigenvalue weighted by Gasteiger charge is 2.05. The molecule has 4 heteroatoms. The Balaban J connectivity index is 2.19. The van der Waals surface area contributed by atoms with E-state index in [4.69, 9.17) is 16.3 Å². The van der Waals surface area contributed by atoms with Crippen molar-refractivity contribution in [1.82, 2.24) is 5.32 Å². The Morgan fingerprint density at radius 3 is 2.82 bits per heavy atom. The molecule has 2 N–H and O–H groups in total. The Kier molecular flexibility index (Phi) is 6.52. The van der Waals surface area contributed by atoms with Crippen LogP contribution in [-0.2, 0) is 11.3 Å². The zero-order valence-corrected chi connectivity index (χ0v) is 11.1. The van der Waals surface area contributed by atoms with E-state index in [9.17, 15) is 5.11 Å². The predicted octanol–water partition coefficient (Wildman–Crippen LogP) is 2.22. The molecule has 1 aromatic carbocycles. The van der Waals surface area contributed by atoms with Gasteiger partial charge in [0.1, 0.15) is 0 Å². The number of benzene rings is 1. The molecule has 3 nitrogen and oxygen atoms in total. The Labute approximate surface area is 108 Å². The van der Waals surface area contributed by atoms with Gasteiger partial charge in [-0.3, -0.25) is 0 Å². The molecule has 0 radical (unpaired) electrons. The lowest BCUT2D eigenvalue weighted by Gasteiger charge is -2.14. The van der Waals surface area contributed by atoms with Crippen LogP contribution < -0.4 is 5.32 Å². The van der Waals surface area contributed by atoms with E-state index in [1.807, 2.05) is 38.1 Å². The van der Waals surface area contributed by atoms with E-state index in [0.717, 1.165) is 10.6 Å². The minimum Gasteiger partial charge on any atom is -0.389 e. The van der Waals surface area contributed by atoms with Gasteiger partial charge in [0, 0.05) is 18.1 Å². The van der Waals surface area contributed by atoms with Crippen LogP contribution in [0.25, 0.3) is 0 Å². The minimum absolute atomic E-state index is 0.151. The molecule has 0 saturated carbocycles. The van der Waals surface area contributed by atoms with E-state index in [0.29, 0.717) is 19.7 Å². The van der Waals surface area contributed by atoms with Crippen LogP contribution in [0.4, 0.5) is 0 Å². The molecule has 0 bridgehead atoms. The number of halogens is 1. The van der Waals surface area contributed by atoms with Crippen LogP contribution >= 0.6 is 11.6 Å². The smallest absolute Gasteiger partial charge is 0.0897 e. The summed E-state index contributed by atoms with van der Waals surface area (Å²) in [5, 5.41) is 13.5. The van der Waals surface area contributed by atoms with Gasteiger partial charge < -0.3 is 15.2 Å². The topological polar surface area (TPSA) is 41.5 Å². The van der Waals surface area contributed by atoms with Crippen LogP contribution in [0.2, 0.25) is 5.02 Å². The van der Waals surface area contributed by atoms with E-state index >= 15 is 0 Å². The first-order valence-electron chi connectivity index (χ1n) is 5.82. The average molecular weight is 258 g/mol. The van der Waals surface area contributed by atoms with Gasteiger partial charge in [-0.05, 0) is 31.5 Å². The summed E-state index contributed by atoms with van der Waals surface area (Å²) in [7, 11) is 0. The molecular weight excluding hydrogens is 238 g/mol. The van der Waals surface area contributed by atoms with Crippen molar-refractivity contribution in [2.75, 3.05) is 13.2 Å². The number of rotatable bonds is 7. The van der Waals surface area contributed by atoms with E-state index in [2.05, 4.69) is 5.32 Å². The summed E-state index contributed by atoms with van der Waals surface area (Å²) in [5.41, 5.74) is 1.11. The first kappa shape index (κ1) is 14.5. The molecule has 0 fully saturated rings. The lowest BCUT2D eigenvalue weighted by Crippen LogP contribution is -2.31. The van der Waals surface area contributed by atoms with Crippen LogP contribution in [0, 0.1) is 0 Å². The van der Waals surface area contributed by atoms with Crippen LogP contribution in [0.3, 0.4) is 0 Å². The summed E-state index contributed by atoms with van der Waals surface area (Å²) in [6, 6.07) is 7.66. The van der Waals surface area contributed by atoms with Gasteiger partial charge in [-0.1, -0.05) is 23.7 Å². The molecule has 0 heterocycles. The molecule has 0 spiro atoms. The van der Waals surface area contributed by atoms with Gasteiger partial charge in [0.2, 0.25) is 0 Å². The van der Waals surface area contributed by atoms with Gasteiger partial charge in [0.25, 0.3) is 0 Å². The SMILES string of the molecule is CC(C)OC[C@H](O)CNCc1cccc(Cl)c1. The number of ether oxygens (including phenoxy) is 1. The molecule has 17 heavy (non-hydrogen) atoms. The third-order valence-electron chi connectivity index (χ3n) is 2.22. The Hall–Kier alpha value is -0.610. The molecule has 0 aromatic heterocycles. The van der Waals surface area contributed by atoms with E-state index in [-0.39, 0.29) is 6.10 Å². The third kappa shape index (κ3) is 6.64. The molecule has 0 aliphatic rings. The highest BCUT2D eigenvalue weighted by atomic mass is 35.5. The Morgan fingerprint density at radius 1 is 1.41 bits per heavy atom. The maximum atomic E-state index is 9.62. The van der Waals surface area contributed by atoms with Crippen molar-refractivity contribution in [3.63, 3.8) is 0 Å². The summed E-state index contributed by atoms with van der Waals surface area (Å²) in [6.45, 7) is 5.47. The molecule has 1 aromatic rings. The summed E-state index contributed by atoms with van der Waals surface area (Å²) in [4.78, 5) is 0. The van der Waals surface area contributed by atoms with Crippen molar-refractivity contribution >= 4 is 11.6 Å². The molecule has 0 aliphatic carbocycles. The highest BCUT2D eigenvalue weighted by molar-refractivity contribution is 6.30. The zero-order valence-electron chi connectivity index (χ0n) is 10.3. The summed E-state index contributed by atoms with van der Waals surface area (Å²) in [6.07, 6.45) is -0.325. The second kappa shape index (κ2) is 7.67. The predicted molar refractivity (Wildman–Crippen MR) is 70.3 cm³/mol. The maximum absolute atomic E-state index is 9.62. The van der Waals surface area contributed by atoms with E-state index < -0.39 is 6.10 Å². The Bertz CT molecular complexity index is 331. The highest BCUT2D eigenvalue weighted by Crippen LogP contribution is 2.10.